The van der Waals surface area contributed by atoms with Crippen LogP contribution in [0.3, 0.4) is 0 Å². The number of rotatable bonds is 5. The minimum absolute atomic E-state index is 0.00920. The highest BCUT2D eigenvalue weighted by Gasteiger charge is 2.41. The highest BCUT2D eigenvalue weighted by molar-refractivity contribution is 7.21. The van der Waals surface area contributed by atoms with Crippen LogP contribution in [0.4, 0.5) is 0 Å². The van der Waals surface area contributed by atoms with Crippen LogP contribution in [-0.4, -0.2) is 14.5 Å². The second-order valence-electron chi connectivity index (χ2n) is 13.3. The fourth-order valence-corrected chi connectivity index (χ4v) is 9.58. The topological polar surface area (TPSA) is 30.7 Å². The van der Waals surface area contributed by atoms with Crippen molar-refractivity contribution in [2.75, 3.05) is 0 Å². The van der Waals surface area contributed by atoms with Gasteiger partial charge in [-0.2, -0.15) is 0 Å². The maximum absolute atomic E-state index is 5.42. The summed E-state index contributed by atoms with van der Waals surface area (Å²) in [5, 5.41) is 3.53. The first kappa shape index (κ1) is 28.9. The van der Waals surface area contributed by atoms with Gasteiger partial charge < -0.3 is 0 Å². The van der Waals surface area contributed by atoms with Gasteiger partial charge in [-0.05, 0) is 59.6 Å². The van der Waals surface area contributed by atoms with Crippen LogP contribution in [0.25, 0.3) is 77.9 Å². The van der Waals surface area contributed by atoms with Crippen molar-refractivity contribution in [3.05, 3.63) is 143 Å². The summed E-state index contributed by atoms with van der Waals surface area (Å²) in [7, 11) is 0. The van der Waals surface area contributed by atoms with Crippen molar-refractivity contribution in [3.8, 4) is 28.3 Å². The van der Waals surface area contributed by atoms with Crippen LogP contribution in [0, 0.1) is 0 Å². The van der Waals surface area contributed by atoms with Gasteiger partial charge in [0.1, 0.15) is 0 Å². The Morgan fingerprint density at radius 2 is 1.54 bits per heavy atom. The Morgan fingerprint density at radius 3 is 2.33 bits per heavy atom. The number of para-hydroxylation sites is 1. The summed E-state index contributed by atoms with van der Waals surface area (Å²) in [5.41, 5.74) is 13.0. The van der Waals surface area contributed by atoms with E-state index >= 15 is 0 Å². The number of fused-ring (bicyclic) bond motifs is 7. The van der Waals surface area contributed by atoms with E-state index in [-0.39, 0.29) is 5.41 Å². The molecule has 232 valence electrons. The minimum Gasteiger partial charge on any atom is -0.276 e. The molecule has 3 nitrogen and oxygen atoms in total. The fraction of sp³-hybridized carbons (Fsp3) is 0.136. The number of hydrogen-bond acceptors (Lipinski definition) is 3. The predicted octanol–water partition coefficient (Wildman–Crippen LogP) is 12.2. The number of thiophene rings is 1. The van der Waals surface area contributed by atoms with E-state index in [0.29, 0.717) is 5.95 Å². The van der Waals surface area contributed by atoms with Gasteiger partial charge in [0.15, 0.2) is 0 Å². The standard InChI is InChI=1S/C44H35N3S/c1-5-14-37-30(6-2)31-25-26-34-38-41(32-17-10-12-19-35(32)44(38,3)4)48-42(34)40(31)47(37)43-45-36-20-13-11-18-33(36)39(46-43)29-23-21-28(22-24-29)27-15-8-7-9-16-27/h5-11,13-18,20-26H,2,12,19H2,1,3-4H3/b14-5-. The number of allylic oxidation sites excluding steroid dienone is 5. The Labute approximate surface area is 284 Å². The molecule has 0 fully saturated rings. The maximum Gasteiger partial charge on any atom is 0.235 e. The molecule has 0 bridgehead atoms. The molecule has 0 unspecified atom stereocenters. The van der Waals surface area contributed by atoms with E-state index in [0.717, 1.165) is 51.8 Å². The molecule has 48 heavy (non-hydrogen) atoms. The number of aromatic nitrogens is 3. The average molecular weight is 638 g/mol. The molecule has 0 N–H and O–H groups in total. The lowest BCUT2D eigenvalue weighted by Crippen LogP contribution is -2.17. The molecule has 0 saturated carbocycles. The Morgan fingerprint density at radius 1 is 0.812 bits per heavy atom. The molecule has 0 atom stereocenters. The number of nitrogens with zero attached hydrogens (tertiary/aromatic N) is 3. The smallest absolute Gasteiger partial charge is 0.235 e. The van der Waals surface area contributed by atoms with Crippen molar-refractivity contribution in [1.29, 1.82) is 0 Å². The van der Waals surface area contributed by atoms with Crippen molar-refractivity contribution in [2.24, 2.45) is 0 Å². The van der Waals surface area contributed by atoms with Crippen LogP contribution in [-0.2, 0) is 5.41 Å². The van der Waals surface area contributed by atoms with Gasteiger partial charge in [-0.25, -0.2) is 9.97 Å². The van der Waals surface area contributed by atoms with Crippen LogP contribution in [0.15, 0.2) is 121 Å². The minimum atomic E-state index is -0.00920. The summed E-state index contributed by atoms with van der Waals surface area (Å²) >= 11 is 1.92. The molecule has 0 amide bonds. The Kier molecular flexibility index (Phi) is 6.53. The van der Waals surface area contributed by atoms with Gasteiger partial charge in [0.05, 0.1) is 27.1 Å². The van der Waals surface area contributed by atoms with Gasteiger partial charge in [-0.1, -0.05) is 135 Å². The molecule has 0 spiro atoms. The molecule has 9 rings (SSSR count). The molecule has 2 aliphatic rings. The van der Waals surface area contributed by atoms with Crippen molar-refractivity contribution < 1.29 is 0 Å². The van der Waals surface area contributed by atoms with E-state index in [1.54, 1.807) is 5.57 Å². The summed E-state index contributed by atoms with van der Waals surface area (Å²) in [5.74, 6) is 0.667. The van der Waals surface area contributed by atoms with Gasteiger partial charge >= 0.3 is 0 Å². The summed E-state index contributed by atoms with van der Waals surface area (Å²) in [6, 6.07) is 32.2. The summed E-state index contributed by atoms with van der Waals surface area (Å²) in [6.45, 7) is 11.2. The lowest BCUT2D eigenvalue weighted by molar-refractivity contribution is 0.613. The normalized spacial score (nSPS) is 15.2. The molecule has 0 radical (unpaired) electrons. The lowest BCUT2D eigenvalue weighted by atomic mass is 9.78. The van der Waals surface area contributed by atoms with E-state index in [1.165, 1.54) is 42.6 Å². The molecule has 3 aromatic heterocycles. The zero-order valence-electron chi connectivity index (χ0n) is 27.4. The van der Waals surface area contributed by atoms with Gasteiger partial charge in [-0.15, -0.1) is 11.3 Å². The Hall–Kier alpha value is -5.32. The second-order valence-corrected chi connectivity index (χ2v) is 14.3. The predicted molar refractivity (Wildman–Crippen MR) is 206 cm³/mol. The highest BCUT2D eigenvalue weighted by Crippen LogP contribution is 2.57. The van der Waals surface area contributed by atoms with Crippen LogP contribution in [0.1, 0.15) is 55.3 Å². The molecule has 2 aliphatic carbocycles. The van der Waals surface area contributed by atoms with Crippen molar-refractivity contribution in [1.82, 2.24) is 14.5 Å². The first-order valence-corrected chi connectivity index (χ1v) is 17.5. The van der Waals surface area contributed by atoms with Crippen LogP contribution >= 0.6 is 11.3 Å². The van der Waals surface area contributed by atoms with Crippen LogP contribution in [0.2, 0.25) is 0 Å². The molecule has 4 heteroatoms. The highest BCUT2D eigenvalue weighted by atomic mass is 32.1. The molecule has 0 saturated heterocycles. The third-order valence-electron chi connectivity index (χ3n) is 10.2. The van der Waals surface area contributed by atoms with Crippen LogP contribution < -0.4 is 0 Å². The maximum atomic E-state index is 5.42. The van der Waals surface area contributed by atoms with Gasteiger partial charge in [0.25, 0.3) is 0 Å². The first-order chi connectivity index (χ1) is 23.5. The van der Waals surface area contributed by atoms with E-state index in [9.17, 15) is 0 Å². The molecular weight excluding hydrogens is 603 g/mol. The second kappa shape index (κ2) is 10.9. The zero-order valence-corrected chi connectivity index (χ0v) is 28.2. The van der Waals surface area contributed by atoms with Gasteiger partial charge in [0.2, 0.25) is 5.95 Å². The van der Waals surface area contributed by atoms with Crippen LogP contribution in [0.5, 0.6) is 0 Å². The van der Waals surface area contributed by atoms with E-state index in [2.05, 4.69) is 147 Å². The van der Waals surface area contributed by atoms with Crippen molar-refractivity contribution >= 4 is 61.0 Å². The molecule has 4 aromatic carbocycles. The Bertz CT molecular complexity index is 2540. The first-order valence-electron chi connectivity index (χ1n) is 16.7. The molecule has 0 aliphatic heterocycles. The largest absolute Gasteiger partial charge is 0.276 e. The Balaban J connectivity index is 1.34. The number of benzene rings is 4. The lowest BCUT2D eigenvalue weighted by Gasteiger charge is -2.26. The van der Waals surface area contributed by atoms with E-state index in [4.69, 9.17) is 9.97 Å². The fourth-order valence-electron chi connectivity index (χ4n) is 8.03. The molecule has 7 aromatic rings. The molecular formula is C44H35N3S. The zero-order chi connectivity index (χ0) is 32.6. The summed E-state index contributed by atoms with van der Waals surface area (Å²) < 4.78 is 3.56. The van der Waals surface area contributed by atoms with E-state index in [1.807, 2.05) is 17.4 Å². The van der Waals surface area contributed by atoms with Gasteiger partial charge in [0, 0.05) is 32.2 Å². The average Bonchev–Trinajstić information content (AvgIpc) is 3.74. The SMILES string of the molecule is C=Cc1c(/C=C\C)n(-c2nc(-c3ccc(-c4ccccc4)cc3)c3ccccc3n2)c2c1ccc1c3c(sc12)C1=C(CCC=C1)C3(C)C. The monoisotopic (exact) mass is 637 g/mol. The quantitative estimate of drug-likeness (QED) is 0.188. The van der Waals surface area contributed by atoms with E-state index < -0.39 is 0 Å². The third-order valence-corrected chi connectivity index (χ3v) is 11.5. The summed E-state index contributed by atoms with van der Waals surface area (Å²) in [6.07, 6.45) is 13.2. The van der Waals surface area contributed by atoms with Crippen molar-refractivity contribution in [2.45, 2.75) is 39.0 Å². The molecule has 3 heterocycles. The van der Waals surface area contributed by atoms with Gasteiger partial charge in [-0.3, -0.25) is 4.57 Å². The summed E-state index contributed by atoms with van der Waals surface area (Å²) in [4.78, 5) is 12.1. The number of hydrogen-bond donors (Lipinski definition) is 0. The third kappa shape index (κ3) is 4.12. The van der Waals surface area contributed by atoms with Crippen molar-refractivity contribution in [3.63, 3.8) is 0 Å².